The molecule has 1 saturated heterocycles. The van der Waals surface area contributed by atoms with E-state index in [1.54, 1.807) is 27.2 Å². The topological polar surface area (TPSA) is 186 Å². The molecule has 52 heavy (non-hydrogen) atoms. The second-order valence-corrected chi connectivity index (χ2v) is 12.3. The zero-order chi connectivity index (χ0) is 37.5. The summed E-state index contributed by atoms with van der Waals surface area (Å²) >= 11 is 0. The fourth-order valence-corrected chi connectivity index (χ4v) is 5.67. The molecule has 0 aliphatic carbocycles. The van der Waals surface area contributed by atoms with E-state index in [4.69, 9.17) is 18.9 Å². The van der Waals surface area contributed by atoms with Crippen molar-refractivity contribution in [2.45, 2.75) is 57.9 Å². The summed E-state index contributed by atoms with van der Waals surface area (Å²) in [7, 11) is 3.23. The van der Waals surface area contributed by atoms with Crippen molar-refractivity contribution in [3.8, 4) is 23.0 Å². The van der Waals surface area contributed by atoms with Gasteiger partial charge in [-0.3, -0.25) is 29.6 Å². The van der Waals surface area contributed by atoms with Crippen molar-refractivity contribution in [2.24, 2.45) is 0 Å². The summed E-state index contributed by atoms with van der Waals surface area (Å²) in [4.78, 5) is 61.0. The van der Waals surface area contributed by atoms with Gasteiger partial charge in [0.1, 0.15) is 11.5 Å². The van der Waals surface area contributed by atoms with Crippen molar-refractivity contribution in [2.75, 3.05) is 40.5 Å². The number of quaternary nitrogens is 1. The number of hydrogen-bond donors (Lipinski definition) is 4. The minimum absolute atomic E-state index is 0.0161. The van der Waals surface area contributed by atoms with Gasteiger partial charge in [0.05, 0.1) is 19.8 Å². The molecule has 0 aromatic heterocycles. The fraction of sp³-hybridized carbons (Fsp3) is 0.395. The Morgan fingerprint density at radius 1 is 0.808 bits per heavy atom. The van der Waals surface area contributed by atoms with Crippen molar-refractivity contribution in [1.82, 2.24) is 16.0 Å². The molecule has 2 atom stereocenters. The van der Waals surface area contributed by atoms with Crippen LogP contribution in [-0.2, 0) is 32.0 Å². The van der Waals surface area contributed by atoms with E-state index >= 15 is 0 Å². The van der Waals surface area contributed by atoms with E-state index in [1.165, 1.54) is 12.1 Å². The molecule has 0 saturated carbocycles. The Hall–Kier alpha value is -5.47. The van der Waals surface area contributed by atoms with Crippen molar-refractivity contribution in [1.29, 1.82) is 0 Å². The zero-order valence-corrected chi connectivity index (χ0v) is 29.7. The zero-order valence-electron chi connectivity index (χ0n) is 29.7. The molecule has 3 aromatic rings. The first kappa shape index (κ1) is 39.3. The second kappa shape index (κ2) is 19.8. The van der Waals surface area contributed by atoms with Gasteiger partial charge in [0.15, 0.2) is 30.8 Å². The number of hydrogen-bond acceptors (Lipinski definition) is 10. The molecule has 1 heterocycles. The SMILES string of the molecule is COc1ccc(CCCc2cccc(OCC(=O)NCCCCNC(=O)COc3cccc(C(=O)[NH+]([O-])C4CCC(=O)NC4=O)c3C)c2)cc1OC. The van der Waals surface area contributed by atoms with E-state index in [1.807, 2.05) is 42.5 Å². The Balaban J connectivity index is 1.08. The predicted octanol–water partition coefficient (Wildman–Crippen LogP) is 1.99. The van der Waals surface area contributed by atoms with Gasteiger partial charge in [-0.15, -0.1) is 0 Å². The number of imide groups is 1. The Morgan fingerprint density at radius 2 is 1.46 bits per heavy atom. The maximum absolute atomic E-state index is 12.9. The molecule has 1 fully saturated rings. The average Bonchev–Trinajstić information content (AvgIpc) is 3.14. The number of amides is 5. The van der Waals surface area contributed by atoms with Crippen LogP contribution in [0.15, 0.2) is 60.7 Å². The molecule has 0 spiro atoms. The Morgan fingerprint density at radius 3 is 2.13 bits per heavy atom. The molecule has 278 valence electrons. The lowest BCUT2D eigenvalue weighted by Gasteiger charge is -2.30. The summed E-state index contributed by atoms with van der Waals surface area (Å²) in [5.74, 6) is -0.451. The van der Waals surface area contributed by atoms with Gasteiger partial charge in [0.2, 0.25) is 5.91 Å². The normalized spacial score (nSPS) is 14.5. The standard InChI is InChI=1S/C38H46N4O10/c1-25-29(38(47)42(48)30-16-18-34(43)41-37(30)46)13-8-14-31(25)52-24-36(45)40-20-5-4-19-39-35(44)23-51-28-12-7-11-26(21-28)9-6-10-27-15-17-32(49-2)33(22-27)50-3/h7-8,11-15,17,21-22,30,42H,4-6,9-10,16,18-20,23-24H2,1-3H3,(H,39,44)(H,40,45)(H,41,43,46). The first-order chi connectivity index (χ1) is 25.1. The van der Waals surface area contributed by atoms with Crippen LogP contribution in [0.25, 0.3) is 0 Å². The van der Waals surface area contributed by atoms with Gasteiger partial charge < -0.3 is 34.8 Å². The summed E-state index contributed by atoms with van der Waals surface area (Å²) in [5, 5.41) is 19.5. The summed E-state index contributed by atoms with van der Waals surface area (Å²) in [5.41, 5.74) is 2.69. The molecule has 14 heteroatoms. The molecule has 14 nitrogen and oxygen atoms in total. The summed E-state index contributed by atoms with van der Waals surface area (Å²) < 4.78 is 22.0. The molecule has 1 aliphatic heterocycles. The molecular weight excluding hydrogens is 672 g/mol. The lowest BCUT2D eigenvalue weighted by Crippen LogP contribution is -3.15. The van der Waals surface area contributed by atoms with Crippen molar-refractivity contribution < 1.29 is 48.0 Å². The second-order valence-electron chi connectivity index (χ2n) is 12.3. The van der Waals surface area contributed by atoms with Gasteiger partial charge in [-0.1, -0.05) is 24.3 Å². The molecule has 5 amide bonds. The quantitative estimate of drug-likeness (QED) is 0.0812. The smallest absolute Gasteiger partial charge is 0.345 e. The van der Waals surface area contributed by atoms with Gasteiger partial charge in [0, 0.05) is 31.5 Å². The molecule has 2 unspecified atom stereocenters. The number of aryl methyl sites for hydroxylation is 2. The van der Waals surface area contributed by atoms with Gasteiger partial charge in [-0.05, 0) is 86.6 Å². The minimum Gasteiger partial charge on any atom is -0.626 e. The molecule has 3 aromatic carbocycles. The summed E-state index contributed by atoms with van der Waals surface area (Å²) in [6.45, 7) is 1.94. The first-order valence-electron chi connectivity index (χ1n) is 17.2. The number of methoxy groups -OCH3 is 2. The third kappa shape index (κ3) is 11.5. The largest absolute Gasteiger partial charge is 0.626 e. The molecule has 0 radical (unpaired) electrons. The van der Waals surface area contributed by atoms with Crippen LogP contribution in [0.4, 0.5) is 0 Å². The number of carbonyl (C=O) groups excluding carboxylic acids is 5. The number of nitrogens with one attached hydrogen (secondary N) is 4. The Kier molecular flexibility index (Phi) is 15.0. The van der Waals surface area contributed by atoms with E-state index in [9.17, 15) is 29.2 Å². The third-order valence-corrected chi connectivity index (χ3v) is 8.56. The average molecular weight is 719 g/mol. The number of piperidine rings is 1. The van der Waals surface area contributed by atoms with Gasteiger partial charge in [-0.25, -0.2) is 4.79 Å². The van der Waals surface area contributed by atoms with E-state index in [0.717, 1.165) is 30.4 Å². The number of ether oxygens (including phenoxy) is 4. The highest BCUT2D eigenvalue weighted by atomic mass is 16.5. The number of unbranched alkanes of at least 4 members (excludes halogenated alkanes) is 1. The first-order valence-corrected chi connectivity index (χ1v) is 17.2. The Labute approximate surface area is 302 Å². The molecule has 0 bridgehead atoms. The van der Waals surface area contributed by atoms with Crippen molar-refractivity contribution in [3.63, 3.8) is 0 Å². The van der Waals surface area contributed by atoms with Crippen molar-refractivity contribution in [3.05, 3.63) is 88.1 Å². The third-order valence-electron chi connectivity index (χ3n) is 8.56. The lowest BCUT2D eigenvalue weighted by molar-refractivity contribution is -0.777. The molecule has 1 aliphatic rings. The van der Waals surface area contributed by atoms with E-state index in [-0.39, 0.29) is 49.2 Å². The molecule has 4 rings (SSSR count). The number of hydroxylamine groups is 2. The predicted molar refractivity (Wildman–Crippen MR) is 190 cm³/mol. The van der Waals surface area contributed by atoms with Crippen LogP contribution in [0.1, 0.15) is 59.2 Å². The van der Waals surface area contributed by atoms with Crippen LogP contribution >= 0.6 is 0 Å². The number of rotatable bonds is 19. The monoisotopic (exact) mass is 718 g/mol. The fourth-order valence-electron chi connectivity index (χ4n) is 5.67. The highest BCUT2D eigenvalue weighted by Crippen LogP contribution is 2.28. The van der Waals surface area contributed by atoms with Crippen molar-refractivity contribution >= 4 is 29.5 Å². The Bertz CT molecular complexity index is 1730. The number of carbonyl (C=O) groups is 5. The van der Waals surface area contributed by atoms with Crippen LogP contribution in [0, 0.1) is 12.1 Å². The summed E-state index contributed by atoms with van der Waals surface area (Å²) in [6, 6.07) is 16.9. The van der Waals surface area contributed by atoms with Gasteiger partial charge >= 0.3 is 5.91 Å². The van der Waals surface area contributed by atoms with E-state index in [0.29, 0.717) is 48.7 Å². The lowest BCUT2D eigenvalue weighted by atomic mass is 10.0. The van der Waals surface area contributed by atoms with Gasteiger partial charge in [-0.2, -0.15) is 0 Å². The minimum atomic E-state index is -1.22. The van der Waals surface area contributed by atoms with Crippen LogP contribution in [0.3, 0.4) is 0 Å². The summed E-state index contributed by atoms with van der Waals surface area (Å²) in [6.07, 6.45) is 3.87. The van der Waals surface area contributed by atoms with Crippen LogP contribution < -0.4 is 40.0 Å². The van der Waals surface area contributed by atoms with Crippen LogP contribution in [-0.4, -0.2) is 76.1 Å². The molecular formula is C38H46N4O10. The molecule has 4 N–H and O–H groups in total. The van der Waals surface area contributed by atoms with Crippen LogP contribution in [0.2, 0.25) is 0 Å². The van der Waals surface area contributed by atoms with E-state index < -0.39 is 28.8 Å². The van der Waals surface area contributed by atoms with E-state index in [2.05, 4.69) is 16.0 Å². The maximum Gasteiger partial charge on any atom is 0.345 e. The van der Waals surface area contributed by atoms with Crippen LogP contribution in [0.5, 0.6) is 23.0 Å². The number of benzene rings is 3. The van der Waals surface area contributed by atoms with Gasteiger partial charge in [0.25, 0.3) is 17.7 Å². The maximum atomic E-state index is 12.9. The highest BCUT2D eigenvalue weighted by Gasteiger charge is 2.36. The highest BCUT2D eigenvalue weighted by molar-refractivity contribution is 6.01.